The molecule has 0 amide bonds. The Bertz CT molecular complexity index is 1160. The van der Waals surface area contributed by atoms with Crippen molar-refractivity contribution in [3.8, 4) is 11.8 Å². The van der Waals surface area contributed by atoms with Crippen molar-refractivity contribution >= 4 is 5.71 Å². The van der Waals surface area contributed by atoms with Gasteiger partial charge in [0.25, 0.3) is 6.43 Å². The summed E-state index contributed by atoms with van der Waals surface area (Å²) < 4.78 is 28.0. The van der Waals surface area contributed by atoms with Gasteiger partial charge >= 0.3 is 0 Å². The van der Waals surface area contributed by atoms with Crippen LogP contribution in [-0.4, -0.2) is 45.3 Å². The highest BCUT2D eigenvalue weighted by molar-refractivity contribution is 6.01. The summed E-state index contributed by atoms with van der Waals surface area (Å²) >= 11 is 0. The third kappa shape index (κ3) is 7.12. The summed E-state index contributed by atoms with van der Waals surface area (Å²) in [6.07, 6.45) is 0.674. The van der Waals surface area contributed by atoms with Gasteiger partial charge in [0, 0.05) is 55.8 Å². The van der Waals surface area contributed by atoms with Crippen LogP contribution in [-0.2, 0) is 11.9 Å². The Balaban J connectivity index is 1.87. The predicted molar refractivity (Wildman–Crippen MR) is 134 cm³/mol. The van der Waals surface area contributed by atoms with Gasteiger partial charge in [-0.15, -0.1) is 0 Å². The molecule has 3 rings (SSSR count). The maximum atomic E-state index is 13.4. The van der Waals surface area contributed by atoms with E-state index in [-0.39, 0.29) is 18.0 Å². The first-order valence-corrected chi connectivity index (χ1v) is 11.9. The van der Waals surface area contributed by atoms with E-state index in [0.29, 0.717) is 23.0 Å². The number of hydrogen-bond acceptors (Lipinski definition) is 7. The van der Waals surface area contributed by atoms with Gasteiger partial charge < -0.3 is 15.3 Å². The summed E-state index contributed by atoms with van der Waals surface area (Å²) in [6.45, 7) is 9.83. The predicted octanol–water partition coefficient (Wildman–Crippen LogP) is 3.58. The van der Waals surface area contributed by atoms with E-state index in [0.717, 1.165) is 24.0 Å². The molecule has 3 N–H and O–H groups in total. The average Bonchev–Trinajstić information content (AvgIpc) is 3.58. The fraction of sp³-hybridized carbons (Fsp3) is 0.500. The molecule has 2 atom stereocenters. The molecule has 1 aliphatic carbocycles. The number of oxime groups is 1. The van der Waals surface area contributed by atoms with Gasteiger partial charge in [-0.05, 0) is 37.3 Å². The van der Waals surface area contributed by atoms with E-state index in [1.807, 2.05) is 26.8 Å². The van der Waals surface area contributed by atoms with Crippen molar-refractivity contribution in [3.05, 3.63) is 58.8 Å². The fourth-order valence-electron chi connectivity index (χ4n) is 3.58. The zero-order chi connectivity index (χ0) is 26.4. The smallest absolute Gasteiger partial charge is 0.282 e. The number of nitrogens with one attached hydrogen (secondary N) is 2. The first-order chi connectivity index (χ1) is 17.1. The van der Waals surface area contributed by atoms with E-state index >= 15 is 0 Å². The van der Waals surface area contributed by atoms with Crippen molar-refractivity contribution in [1.82, 2.24) is 25.4 Å². The monoisotopic (exact) mass is 500 g/mol. The maximum absolute atomic E-state index is 13.4. The van der Waals surface area contributed by atoms with Crippen LogP contribution in [0.15, 0.2) is 35.9 Å². The summed E-state index contributed by atoms with van der Waals surface area (Å²) in [6, 6.07) is 1.92. The molecular weight excluding hydrogens is 466 g/mol. The number of aliphatic hydroxyl groups excluding tert-OH is 1. The Morgan fingerprint density at radius 3 is 2.69 bits per heavy atom. The number of aryl methyl sites for hydroxylation is 2. The zero-order valence-corrected chi connectivity index (χ0v) is 21.3. The fourth-order valence-corrected chi connectivity index (χ4v) is 3.58. The molecule has 2 aromatic rings. The number of rotatable bonds is 11. The molecule has 10 heteroatoms. The Morgan fingerprint density at radius 1 is 1.39 bits per heavy atom. The van der Waals surface area contributed by atoms with Crippen LogP contribution in [0.1, 0.15) is 67.4 Å². The third-order valence-corrected chi connectivity index (χ3v) is 5.75. The molecule has 36 heavy (non-hydrogen) atoms. The summed E-state index contributed by atoms with van der Waals surface area (Å²) in [5.41, 5.74) is 2.73. The second-order valence-electron chi connectivity index (χ2n) is 9.24. The number of hydrogen-bond donors (Lipinski definition) is 3. The number of aromatic nitrogens is 3. The molecule has 0 spiro atoms. The molecule has 0 saturated heterocycles. The van der Waals surface area contributed by atoms with Gasteiger partial charge in [-0.2, -0.15) is 5.10 Å². The van der Waals surface area contributed by atoms with Gasteiger partial charge in [-0.25, -0.2) is 8.78 Å². The van der Waals surface area contributed by atoms with Gasteiger partial charge in [0.1, 0.15) is 17.6 Å². The van der Waals surface area contributed by atoms with Crippen LogP contribution in [0.2, 0.25) is 0 Å². The van der Waals surface area contributed by atoms with Crippen LogP contribution >= 0.6 is 0 Å². The molecule has 1 aliphatic rings. The lowest BCUT2D eigenvalue weighted by atomic mass is 10.1. The lowest BCUT2D eigenvalue weighted by molar-refractivity contribution is 0.0485. The molecule has 0 aromatic carbocycles. The van der Waals surface area contributed by atoms with E-state index in [4.69, 9.17) is 4.84 Å². The number of alkyl halides is 2. The van der Waals surface area contributed by atoms with E-state index < -0.39 is 24.5 Å². The molecule has 0 radical (unpaired) electrons. The van der Waals surface area contributed by atoms with Gasteiger partial charge in [0.05, 0.1) is 5.69 Å². The molecule has 0 aliphatic heterocycles. The molecule has 194 valence electrons. The lowest BCUT2D eigenvalue weighted by Gasteiger charge is -2.22. The Morgan fingerprint density at radius 2 is 2.11 bits per heavy atom. The van der Waals surface area contributed by atoms with Gasteiger partial charge in [-0.3, -0.25) is 15.0 Å². The van der Waals surface area contributed by atoms with Crippen LogP contribution in [0.5, 0.6) is 0 Å². The molecule has 8 nitrogen and oxygen atoms in total. The Kier molecular flexibility index (Phi) is 9.18. The van der Waals surface area contributed by atoms with Crippen LogP contribution in [0.4, 0.5) is 8.78 Å². The average molecular weight is 501 g/mol. The number of halogens is 2. The van der Waals surface area contributed by atoms with Crippen molar-refractivity contribution in [3.63, 3.8) is 0 Å². The van der Waals surface area contributed by atoms with Gasteiger partial charge in [-0.1, -0.05) is 37.4 Å². The van der Waals surface area contributed by atoms with Crippen molar-refractivity contribution in [1.29, 1.82) is 0 Å². The minimum absolute atomic E-state index is 0.00345. The summed E-state index contributed by atoms with van der Waals surface area (Å²) in [5, 5.41) is 24.6. The SMILES string of the molecule is C=C(NC)C(O/N=C(/CNC(O)c1cn(C)nc1C(F)F)c1ncc(C#CC2CC2)cc1C)C(C)C. The molecule has 1 saturated carbocycles. The first-order valence-electron chi connectivity index (χ1n) is 11.9. The van der Waals surface area contributed by atoms with E-state index in [1.165, 1.54) is 17.9 Å². The van der Waals surface area contributed by atoms with Crippen LogP contribution < -0.4 is 10.6 Å². The lowest BCUT2D eigenvalue weighted by Crippen LogP contribution is -2.31. The Labute approximate surface area is 210 Å². The second-order valence-corrected chi connectivity index (χ2v) is 9.24. The third-order valence-electron chi connectivity index (χ3n) is 5.75. The molecule has 1 fully saturated rings. The quantitative estimate of drug-likeness (QED) is 0.189. The minimum atomic E-state index is -2.82. The van der Waals surface area contributed by atoms with Crippen molar-refractivity contribution in [2.24, 2.45) is 24.0 Å². The van der Waals surface area contributed by atoms with E-state index in [9.17, 15) is 13.9 Å². The van der Waals surface area contributed by atoms with Crippen molar-refractivity contribution in [2.75, 3.05) is 13.6 Å². The topological polar surface area (TPSA) is 96.6 Å². The molecule has 2 heterocycles. The molecule has 0 bridgehead atoms. The highest BCUT2D eigenvalue weighted by atomic mass is 19.3. The molecule has 2 aromatic heterocycles. The van der Waals surface area contributed by atoms with Gasteiger partial charge in [0.15, 0.2) is 6.10 Å². The minimum Gasteiger partial charge on any atom is -0.389 e. The number of likely N-dealkylation sites (N-methyl/N-ethyl adjacent to an activating group) is 1. The second kappa shape index (κ2) is 12.1. The zero-order valence-electron chi connectivity index (χ0n) is 21.3. The van der Waals surface area contributed by atoms with Crippen LogP contribution in [0.3, 0.4) is 0 Å². The summed E-state index contributed by atoms with van der Waals surface area (Å²) in [7, 11) is 3.27. The molecular formula is C26H34F2N6O2. The van der Waals surface area contributed by atoms with Gasteiger partial charge in [0.2, 0.25) is 0 Å². The van der Waals surface area contributed by atoms with Crippen LogP contribution in [0, 0.1) is 30.6 Å². The Hall–Kier alpha value is -3.29. The normalized spacial score (nSPS) is 15.4. The number of pyridine rings is 1. The molecule has 2 unspecified atom stereocenters. The number of aliphatic hydroxyl groups is 1. The standard InChI is InChI=1S/C26H34F2N6O2/c1-15(2)24(17(4)29-5)36-33-21(13-31-26(35)20-14-34(6)32-23(20)25(27)28)22-16(3)11-19(12-30-22)10-9-18-7-8-18/h11-12,14-15,18,24-26,29,31,35H,4,7-8,13H2,1-3,5-6H3/b33-21-. The summed E-state index contributed by atoms with van der Waals surface area (Å²) in [4.78, 5) is 10.4. The maximum Gasteiger partial charge on any atom is 0.282 e. The van der Waals surface area contributed by atoms with E-state index in [2.05, 4.69) is 44.3 Å². The largest absolute Gasteiger partial charge is 0.389 e. The van der Waals surface area contributed by atoms with Crippen molar-refractivity contribution < 1.29 is 18.7 Å². The first kappa shape index (κ1) is 27.3. The highest BCUT2D eigenvalue weighted by Crippen LogP contribution is 2.28. The van der Waals surface area contributed by atoms with E-state index in [1.54, 1.807) is 13.2 Å². The van der Waals surface area contributed by atoms with Crippen LogP contribution in [0.25, 0.3) is 0 Å². The van der Waals surface area contributed by atoms with Crippen molar-refractivity contribution in [2.45, 2.75) is 52.4 Å². The summed E-state index contributed by atoms with van der Waals surface area (Å²) in [5.74, 6) is 6.92. The number of nitrogens with zero attached hydrogens (tertiary/aromatic N) is 4. The highest BCUT2D eigenvalue weighted by Gasteiger charge is 2.24.